The van der Waals surface area contributed by atoms with Crippen LogP contribution in [0, 0.1) is 0 Å². The Balaban J connectivity index is 2.00. The molecule has 0 aliphatic carbocycles. The fourth-order valence-corrected chi connectivity index (χ4v) is 2.50. The zero-order valence-corrected chi connectivity index (χ0v) is 14.8. The Morgan fingerprint density at radius 2 is 1.96 bits per heavy atom. The SMILES string of the molecule is CC[C@H](C)c1ccccc1NC(=O)COC(=O)c1cc(Cl)ccc1O. The minimum atomic E-state index is -0.814. The molecule has 0 bridgehead atoms. The molecule has 0 radical (unpaired) electrons. The van der Waals surface area contributed by atoms with Crippen LogP contribution < -0.4 is 5.32 Å². The van der Waals surface area contributed by atoms with Crippen molar-refractivity contribution in [1.82, 2.24) is 0 Å². The highest BCUT2D eigenvalue weighted by Crippen LogP contribution is 2.26. The summed E-state index contributed by atoms with van der Waals surface area (Å²) < 4.78 is 4.95. The molecule has 2 aromatic carbocycles. The summed E-state index contributed by atoms with van der Waals surface area (Å²) in [7, 11) is 0. The number of para-hydroxylation sites is 1. The van der Waals surface area contributed by atoms with E-state index >= 15 is 0 Å². The third kappa shape index (κ3) is 4.97. The Bertz CT molecular complexity index is 776. The molecule has 2 rings (SSSR count). The highest BCUT2D eigenvalue weighted by Gasteiger charge is 2.16. The number of amides is 1. The van der Waals surface area contributed by atoms with Gasteiger partial charge in [-0.25, -0.2) is 4.79 Å². The predicted molar refractivity (Wildman–Crippen MR) is 97.2 cm³/mol. The van der Waals surface area contributed by atoms with Crippen molar-refractivity contribution >= 4 is 29.2 Å². The van der Waals surface area contributed by atoms with Crippen LogP contribution in [0.4, 0.5) is 5.69 Å². The third-order valence-corrected chi connectivity index (χ3v) is 4.13. The second-order valence-corrected chi connectivity index (χ2v) is 6.12. The summed E-state index contributed by atoms with van der Waals surface area (Å²) in [5, 5.41) is 12.7. The molecular formula is C19H20ClNO4. The van der Waals surface area contributed by atoms with Gasteiger partial charge in [-0.2, -0.15) is 0 Å². The van der Waals surface area contributed by atoms with Gasteiger partial charge < -0.3 is 15.2 Å². The number of ether oxygens (including phenoxy) is 1. The summed E-state index contributed by atoms with van der Waals surface area (Å²) in [6.45, 7) is 3.69. The summed E-state index contributed by atoms with van der Waals surface area (Å²) in [5.41, 5.74) is 1.64. The van der Waals surface area contributed by atoms with E-state index in [0.717, 1.165) is 12.0 Å². The Morgan fingerprint density at radius 3 is 2.68 bits per heavy atom. The second kappa shape index (κ2) is 8.53. The van der Waals surface area contributed by atoms with Gasteiger partial charge in [0.1, 0.15) is 11.3 Å². The molecule has 1 atom stereocenters. The number of benzene rings is 2. The number of phenolic OH excluding ortho intramolecular Hbond substituents is 1. The predicted octanol–water partition coefficient (Wildman–Crippen LogP) is 4.35. The van der Waals surface area contributed by atoms with Gasteiger partial charge in [0, 0.05) is 10.7 Å². The molecule has 0 aromatic heterocycles. The van der Waals surface area contributed by atoms with Crippen LogP contribution in [-0.4, -0.2) is 23.6 Å². The second-order valence-electron chi connectivity index (χ2n) is 5.68. The lowest BCUT2D eigenvalue weighted by atomic mass is 9.97. The zero-order chi connectivity index (χ0) is 18.4. The normalized spacial score (nSPS) is 11.6. The molecule has 0 aliphatic heterocycles. The molecule has 0 saturated carbocycles. The number of halogens is 1. The van der Waals surface area contributed by atoms with Gasteiger partial charge in [-0.1, -0.05) is 43.6 Å². The van der Waals surface area contributed by atoms with Gasteiger partial charge in [-0.3, -0.25) is 4.79 Å². The van der Waals surface area contributed by atoms with E-state index in [0.29, 0.717) is 11.6 Å². The number of aromatic hydroxyl groups is 1. The molecule has 2 N–H and O–H groups in total. The van der Waals surface area contributed by atoms with Crippen molar-refractivity contribution < 1.29 is 19.4 Å². The minimum absolute atomic E-state index is 0.0831. The van der Waals surface area contributed by atoms with Crippen molar-refractivity contribution in [2.24, 2.45) is 0 Å². The molecule has 25 heavy (non-hydrogen) atoms. The quantitative estimate of drug-likeness (QED) is 0.750. The Labute approximate surface area is 151 Å². The molecule has 0 aliphatic rings. The number of carbonyl (C=O) groups excluding carboxylic acids is 2. The fourth-order valence-electron chi connectivity index (χ4n) is 2.33. The van der Waals surface area contributed by atoms with Crippen LogP contribution in [0.2, 0.25) is 5.02 Å². The first-order valence-corrected chi connectivity index (χ1v) is 8.34. The van der Waals surface area contributed by atoms with Gasteiger partial charge in [0.05, 0.1) is 0 Å². The average Bonchev–Trinajstić information content (AvgIpc) is 2.61. The van der Waals surface area contributed by atoms with Gasteiger partial charge in [0.15, 0.2) is 6.61 Å². The monoisotopic (exact) mass is 361 g/mol. The van der Waals surface area contributed by atoms with Gasteiger partial charge >= 0.3 is 5.97 Å². The third-order valence-electron chi connectivity index (χ3n) is 3.89. The van der Waals surface area contributed by atoms with Crippen LogP contribution in [0.15, 0.2) is 42.5 Å². The zero-order valence-electron chi connectivity index (χ0n) is 14.1. The summed E-state index contributed by atoms with van der Waals surface area (Å²) in [6, 6.07) is 11.5. The van der Waals surface area contributed by atoms with E-state index < -0.39 is 18.5 Å². The van der Waals surface area contributed by atoms with Crippen molar-refractivity contribution in [2.75, 3.05) is 11.9 Å². The van der Waals surface area contributed by atoms with Crippen LogP contribution in [0.25, 0.3) is 0 Å². The molecule has 0 fully saturated rings. The maximum atomic E-state index is 12.1. The number of esters is 1. The molecule has 0 spiro atoms. The largest absolute Gasteiger partial charge is 0.507 e. The maximum Gasteiger partial charge on any atom is 0.342 e. The van der Waals surface area contributed by atoms with E-state index in [1.165, 1.54) is 18.2 Å². The van der Waals surface area contributed by atoms with Gasteiger partial charge in [0.25, 0.3) is 5.91 Å². The van der Waals surface area contributed by atoms with Gasteiger partial charge in [0.2, 0.25) is 0 Å². The van der Waals surface area contributed by atoms with Crippen LogP contribution in [0.1, 0.15) is 42.1 Å². The first-order chi connectivity index (χ1) is 11.9. The van der Waals surface area contributed by atoms with Crippen LogP contribution in [0.3, 0.4) is 0 Å². The molecule has 0 unspecified atom stereocenters. The van der Waals surface area contributed by atoms with Crippen molar-refractivity contribution in [1.29, 1.82) is 0 Å². The average molecular weight is 362 g/mol. The maximum absolute atomic E-state index is 12.1. The molecule has 5 nitrogen and oxygen atoms in total. The van der Waals surface area contributed by atoms with Gasteiger partial charge in [-0.15, -0.1) is 0 Å². The van der Waals surface area contributed by atoms with E-state index in [1.807, 2.05) is 24.3 Å². The van der Waals surface area contributed by atoms with Crippen LogP contribution in [0.5, 0.6) is 5.75 Å². The van der Waals surface area contributed by atoms with E-state index in [2.05, 4.69) is 19.2 Å². The van der Waals surface area contributed by atoms with E-state index in [9.17, 15) is 14.7 Å². The number of hydrogen-bond acceptors (Lipinski definition) is 4. The molecule has 132 valence electrons. The molecule has 6 heteroatoms. The number of rotatable bonds is 6. The van der Waals surface area contributed by atoms with Crippen LogP contribution in [-0.2, 0) is 9.53 Å². The lowest BCUT2D eigenvalue weighted by molar-refractivity contribution is -0.119. The highest BCUT2D eigenvalue weighted by atomic mass is 35.5. The fraction of sp³-hybridized carbons (Fsp3) is 0.263. The summed E-state index contributed by atoms with van der Waals surface area (Å²) >= 11 is 5.79. The highest BCUT2D eigenvalue weighted by molar-refractivity contribution is 6.31. The Morgan fingerprint density at radius 1 is 1.24 bits per heavy atom. The van der Waals surface area contributed by atoms with E-state index in [1.54, 1.807) is 0 Å². The van der Waals surface area contributed by atoms with Crippen molar-refractivity contribution in [3.05, 3.63) is 58.6 Å². The van der Waals surface area contributed by atoms with Gasteiger partial charge in [-0.05, 0) is 42.2 Å². The smallest absolute Gasteiger partial charge is 0.342 e. The van der Waals surface area contributed by atoms with Crippen molar-refractivity contribution in [3.63, 3.8) is 0 Å². The number of carbonyl (C=O) groups is 2. The summed E-state index contributed by atoms with van der Waals surface area (Å²) in [4.78, 5) is 24.1. The topological polar surface area (TPSA) is 75.6 Å². The van der Waals surface area contributed by atoms with E-state index in [-0.39, 0.29) is 16.3 Å². The Hall–Kier alpha value is -2.53. The first kappa shape index (κ1) is 18.8. The lowest BCUT2D eigenvalue weighted by Gasteiger charge is -2.15. The number of phenols is 1. The lowest BCUT2D eigenvalue weighted by Crippen LogP contribution is -2.21. The molecule has 2 aromatic rings. The summed E-state index contributed by atoms with van der Waals surface area (Å²) in [5.74, 6) is -1.23. The van der Waals surface area contributed by atoms with Crippen molar-refractivity contribution in [2.45, 2.75) is 26.2 Å². The van der Waals surface area contributed by atoms with E-state index in [4.69, 9.17) is 16.3 Å². The Kier molecular flexibility index (Phi) is 6.42. The number of hydrogen-bond donors (Lipinski definition) is 2. The number of anilines is 1. The number of nitrogens with one attached hydrogen (secondary N) is 1. The van der Waals surface area contributed by atoms with Crippen LogP contribution >= 0.6 is 11.6 Å². The standard InChI is InChI=1S/C19H20ClNO4/c1-3-12(2)14-6-4-5-7-16(14)21-18(23)11-25-19(24)15-10-13(20)8-9-17(15)22/h4-10,12,22H,3,11H2,1-2H3,(H,21,23)/t12-/m0/s1. The minimum Gasteiger partial charge on any atom is -0.507 e. The molecule has 0 heterocycles. The summed E-state index contributed by atoms with van der Waals surface area (Å²) in [6.07, 6.45) is 0.940. The molecule has 0 saturated heterocycles. The first-order valence-electron chi connectivity index (χ1n) is 7.96. The van der Waals surface area contributed by atoms with Crippen molar-refractivity contribution in [3.8, 4) is 5.75 Å². The molecular weight excluding hydrogens is 342 g/mol. The molecule has 1 amide bonds.